The second-order valence-electron chi connectivity index (χ2n) is 4.18. The average Bonchev–Trinajstić information content (AvgIpc) is 2.99. The molecule has 0 saturated heterocycles. The quantitative estimate of drug-likeness (QED) is 0.855. The third-order valence-electron chi connectivity index (χ3n) is 2.91. The standard InChI is InChI=1S/C12H13N5O3/c1-8(12(19)20)16(2)11(18)9-3-4-10(14-5-9)17-7-13-6-15-17/h3-8H,1-2H3,(H,19,20). The van der Waals surface area contributed by atoms with Crippen LogP contribution in [-0.2, 0) is 4.79 Å². The fourth-order valence-electron chi connectivity index (χ4n) is 1.52. The minimum Gasteiger partial charge on any atom is -0.480 e. The Morgan fingerprint density at radius 2 is 2.15 bits per heavy atom. The molecular formula is C12H13N5O3. The van der Waals surface area contributed by atoms with Gasteiger partial charge in [-0.2, -0.15) is 5.10 Å². The number of hydrogen-bond donors (Lipinski definition) is 1. The summed E-state index contributed by atoms with van der Waals surface area (Å²) in [5.74, 6) is -0.946. The van der Waals surface area contributed by atoms with Crippen molar-refractivity contribution >= 4 is 11.9 Å². The van der Waals surface area contributed by atoms with E-state index in [1.165, 1.54) is 37.5 Å². The smallest absolute Gasteiger partial charge is 0.326 e. The number of hydrogen-bond acceptors (Lipinski definition) is 5. The van der Waals surface area contributed by atoms with Gasteiger partial charge in [0.2, 0.25) is 0 Å². The molecule has 104 valence electrons. The van der Waals surface area contributed by atoms with Crippen LogP contribution in [0.5, 0.6) is 0 Å². The molecule has 0 bridgehead atoms. The lowest BCUT2D eigenvalue weighted by molar-refractivity contribution is -0.141. The lowest BCUT2D eigenvalue weighted by Gasteiger charge is -2.21. The molecule has 1 amide bonds. The SMILES string of the molecule is CC(C(=O)O)N(C)C(=O)c1ccc(-n2cncn2)nc1. The summed E-state index contributed by atoms with van der Waals surface area (Å²) in [6, 6.07) is 2.27. The molecule has 2 aromatic heterocycles. The topological polar surface area (TPSA) is 101 Å². The second kappa shape index (κ2) is 5.47. The highest BCUT2D eigenvalue weighted by Crippen LogP contribution is 2.08. The zero-order chi connectivity index (χ0) is 14.7. The van der Waals surface area contributed by atoms with Gasteiger partial charge in [-0.1, -0.05) is 0 Å². The molecular weight excluding hydrogens is 262 g/mol. The van der Waals surface area contributed by atoms with Crippen LogP contribution in [0.2, 0.25) is 0 Å². The highest BCUT2D eigenvalue weighted by Gasteiger charge is 2.22. The maximum Gasteiger partial charge on any atom is 0.326 e. The van der Waals surface area contributed by atoms with Crippen LogP contribution in [-0.4, -0.2) is 54.7 Å². The molecule has 2 aromatic rings. The van der Waals surface area contributed by atoms with E-state index in [0.717, 1.165) is 4.90 Å². The van der Waals surface area contributed by atoms with Crippen molar-refractivity contribution in [2.24, 2.45) is 0 Å². The molecule has 8 heteroatoms. The van der Waals surface area contributed by atoms with E-state index in [4.69, 9.17) is 5.11 Å². The molecule has 0 saturated carbocycles. The van der Waals surface area contributed by atoms with Crippen LogP contribution in [0.3, 0.4) is 0 Å². The highest BCUT2D eigenvalue weighted by atomic mass is 16.4. The van der Waals surface area contributed by atoms with Gasteiger partial charge in [-0.25, -0.2) is 19.4 Å². The van der Waals surface area contributed by atoms with Gasteiger partial charge in [0, 0.05) is 13.2 Å². The molecule has 0 aromatic carbocycles. The van der Waals surface area contributed by atoms with E-state index < -0.39 is 17.9 Å². The van der Waals surface area contributed by atoms with Crippen molar-refractivity contribution < 1.29 is 14.7 Å². The van der Waals surface area contributed by atoms with Gasteiger partial charge in [-0.05, 0) is 19.1 Å². The Morgan fingerprint density at radius 1 is 1.40 bits per heavy atom. The molecule has 0 aliphatic rings. The first-order valence-electron chi connectivity index (χ1n) is 5.81. The Labute approximate surface area is 114 Å². The molecule has 2 rings (SSSR count). The summed E-state index contributed by atoms with van der Waals surface area (Å²) >= 11 is 0. The number of rotatable bonds is 4. The summed E-state index contributed by atoms with van der Waals surface area (Å²) in [7, 11) is 1.44. The van der Waals surface area contributed by atoms with Gasteiger partial charge in [-0.15, -0.1) is 0 Å². The summed E-state index contributed by atoms with van der Waals surface area (Å²) in [6.07, 6.45) is 4.25. The average molecular weight is 275 g/mol. The maximum atomic E-state index is 12.1. The van der Waals surface area contributed by atoms with Gasteiger partial charge in [0.15, 0.2) is 5.82 Å². The summed E-state index contributed by atoms with van der Waals surface area (Å²) in [5, 5.41) is 12.8. The predicted molar refractivity (Wildman–Crippen MR) is 68.3 cm³/mol. The number of carbonyl (C=O) groups excluding carboxylic acids is 1. The second-order valence-corrected chi connectivity index (χ2v) is 4.18. The predicted octanol–water partition coefficient (Wildman–Crippen LogP) is 0.207. The molecule has 0 spiro atoms. The van der Waals surface area contributed by atoms with Crippen molar-refractivity contribution in [2.45, 2.75) is 13.0 Å². The summed E-state index contributed by atoms with van der Waals surface area (Å²) in [6.45, 7) is 1.44. The van der Waals surface area contributed by atoms with Gasteiger partial charge < -0.3 is 10.0 Å². The first-order chi connectivity index (χ1) is 9.50. The van der Waals surface area contributed by atoms with Crippen LogP contribution in [0, 0.1) is 0 Å². The van der Waals surface area contributed by atoms with E-state index in [-0.39, 0.29) is 0 Å². The molecule has 2 heterocycles. The van der Waals surface area contributed by atoms with Gasteiger partial charge in [0.25, 0.3) is 5.91 Å². The summed E-state index contributed by atoms with van der Waals surface area (Å²) in [4.78, 5) is 32.0. The third-order valence-corrected chi connectivity index (χ3v) is 2.91. The molecule has 8 nitrogen and oxygen atoms in total. The zero-order valence-corrected chi connectivity index (χ0v) is 11.0. The number of carboxylic acids is 1. The molecule has 0 fully saturated rings. The Hall–Kier alpha value is -2.77. The molecule has 0 aliphatic carbocycles. The number of aliphatic carboxylic acids is 1. The normalized spacial score (nSPS) is 11.9. The minimum atomic E-state index is -1.06. The monoisotopic (exact) mass is 275 g/mol. The number of carboxylic acid groups (broad SMARTS) is 1. The Bertz CT molecular complexity index is 609. The first-order valence-corrected chi connectivity index (χ1v) is 5.81. The molecule has 1 N–H and O–H groups in total. The maximum absolute atomic E-state index is 12.1. The summed E-state index contributed by atoms with van der Waals surface area (Å²) < 4.78 is 1.46. The van der Waals surface area contributed by atoms with Crippen molar-refractivity contribution in [3.8, 4) is 5.82 Å². The van der Waals surface area contributed by atoms with Crippen LogP contribution in [0.4, 0.5) is 0 Å². The molecule has 20 heavy (non-hydrogen) atoms. The van der Waals surface area contributed by atoms with Crippen molar-refractivity contribution in [1.82, 2.24) is 24.6 Å². The van der Waals surface area contributed by atoms with E-state index >= 15 is 0 Å². The van der Waals surface area contributed by atoms with Crippen molar-refractivity contribution in [3.63, 3.8) is 0 Å². The number of nitrogens with zero attached hydrogens (tertiary/aromatic N) is 5. The Balaban J connectivity index is 2.18. The van der Waals surface area contributed by atoms with Crippen LogP contribution >= 0.6 is 0 Å². The molecule has 1 unspecified atom stereocenters. The zero-order valence-electron chi connectivity index (χ0n) is 11.0. The minimum absolute atomic E-state index is 0.310. The lowest BCUT2D eigenvalue weighted by Crippen LogP contribution is -2.40. The molecule has 0 aliphatic heterocycles. The van der Waals surface area contributed by atoms with E-state index in [9.17, 15) is 9.59 Å². The molecule has 0 radical (unpaired) electrons. The van der Waals surface area contributed by atoms with Crippen LogP contribution < -0.4 is 0 Å². The first kappa shape index (κ1) is 13.7. The Kier molecular flexibility index (Phi) is 3.74. The van der Waals surface area contributed by atoms with Crippen molar-refractivity contribution in [3.05, 3.63) is 36.5 Å². The van der Waals surface area contributed by atoms with E-state index in [1.807, 2.05) is 0 Å². The lowest BCUT2D eigenvalue weighted by atomic mass is 10.2. The summed E-state index contributed by atoms with van der Waals surface area (Å²) in [5.41, 5.74) is 0.310. The van der Waals surface area contributed by atoms with Gasteiger partial charge in [-0.3, -0.25) is 4.79 Å². The van der Waals surface area contributed by atoms with Crippen molar-refractivity contribution in [2.75, 3.05) is 7.05 Å². The van der Waals surface area contributed by atoms with Gasteiger partial charge >= 0.3 is 5.97 Å². The fraction of sp³-hybridized carbons (Fsp3) is 0.250. The Morgan fingerprint density at radius 3 is 2.65 bits per heavy atom. The number of pyridine rings is 1. The number of carbonyl (C=O) groups is 2. The fourth-order valence-corrected chi connectivity index (χ4v) is 1.52. The van der Waals surface area contributed by atoms with Crippen LogP contribution in [0.15, 0.2) is 31.0 Å². The van der Waals surface area contributed by atoms with E-state index in [1.54, 1.807) is 12.1 Å². The van der Waals surface area contributed by atoms with Crippen molar-refractivity contribution in [1.29, 1.82) is 0 Å². The number of amides is 1. The van der Waals surface area contributed by atoms with E-state index in [0.29, 0.717) is 11.4 Å². The van der Waals surface area contributed by atoms with Crippen LogP contribution in [0.1, 0.15) is 17.3 Å². The van der Waals surface area contributed by atoms with E-state index in [2.05, 4.69) is 15.1 Å². The number of aromatic nitrogens is 4. The van der Waals surface area contributed by atoms with Gasteiger partial charge in [0.1, 0.15) is 18.7 Å². The molecule has 1 atom stereocenters. The largest absolute Gasteiger partial charge is 0.480 e. The van der Waals surface area contributed by atoms with Crippen LogP contribution in [0.25, 0.3) is 5.82 Å². The number of likely N-dealkylation sites (N-methyl/N-ethyl adjacent to an activating group) is 1. The van der Waals surface area contributed by atoms with Gasteiger partial charge in [0.05, 0.1) is 5.56 Å². The highest BCUT2D eigenvalue weighted by molar-refractivity contribution is 5.96. The third kappa shape index (κ3) is 2.63.